The molecule has 0 saturated carbocycles. The average Bonchev–Trinajstić information content (AvgIpc) is 3.09. The molecule has 7 nitrogen and oxygen atoms in total. The summed E-state index contributed by atoms with van der Waals surface area (Å²) < 4.78 is 35.7. The first-order valence-electron chi connectivity index (χ1n) is 10.5. The molecule has 1 aromatic heterocycles. The Morgan fingerprint density at radius 2 is 1.90 bits per heavy atom. The minimum absolute atomic E-state index is 0.150. The highest BCUT2D eigenvalue weighted by atomic mass is 32.2. The number of methoxy groups -OCH3 is 1. The van der Waals surface area contributed by atoms with Gasteiger partial charge in [-0.15, -0.1) is 0 Å². The van der Waals surface area contributed by atoms with Crippen molar-refractivity contribution in [2.45, 2.75) is 43.7 Å². The molecular formula is C23H25N3O4S. The number of carbonyl (C=O) groups is 1. The predicted octanol–water partition coefficient (Wildman–Crippen LogP) is 4.21. The van der Waals surface area contributed by atoms with Crippen molar-refractivity contribution in [3.63, 3.8) is 0 Å². The molecule has 3 aromatic rings. The van der Waals surface area contributed by atoms with Crippen LogP contribution in [0, 0.1) is 6.92 Å². The van der Waals surface area contributed by atoms with Crippen molar-refractivity contribution in [2.24, 2.45) is 0 Å². The van der Waals surface area contributed by atoms with Crippen LogP contribution in [-0.2, 0) is 27.7 Å². The second-order valence-corrected chi connectivity index (χ2v) is 10.1. The van der Waals surface area contributed by atoms with E-state index >= 15 is 0 Å². The molecule has 2 aromatic carbocycles. The van der Waals surface area contributed by atoms with E-state index in [4.69, 9.17) is 0 Å². The number of carbonyl (C=O) groups excluding carboxylic acids is 1. The molecular weight excluding hydrogens is 414 g/mol. The lowest BCUT2D eigenvalue weighted by atomic mass is 9.90. The van der Waals surface area contributed by atoms with Crippen LogP contribution in [-0.4, -0.2) is 37.0 Å². The molecule has 5 rings (SSSR count). The van der Waals surface area contributed by atoms with E-state index in [9.17, 15) is 13.2 Å². The Bertz CT molecular complexity index is 1280. The molecule has 0 radical (unpaired) electrons. The van der Waals surface area contributed by atoms with Gasteiger partial charge >= 0.3 is 6.09 Å². The van der Waals surface area contributed by atoms with Crippen molar-refractivity contribution in [2.75, 3.05) is 19.0 Å². The van der Waals surface area contributed by atoms with Crippen molar-refractivity contribution in [3.05, 3.63) is 59.3 Å². The third-order valence-corrected chi connectivity index (χ3v) is 8.29. The quantitative estimate of drug-likeness (QED) is 0.663. The molecule has 2 heterocycles. The number of fused-ring (bicyclic) bond motifs is 3. The zero-order valence-electron chi connectivity index (χ0n) is 17.6. The fourth-order valence-electron chi connectivity index (χ4n) is 4.99. The summed E-state index contributed by atoms with van der Waals surface area (Å²) >= 11 is 0. The first-order valence-corrected chi connectivity index (χ1v) is 11.9. The lowest BCUT2D eigenvalue weighted by Gasteiger charge is -2.39. The van der Waals surface area contributed by atoms with Crippen LogP contribution in [0.5, 0.6) is 0 Å². The summed E-state index contributed by atoms with van der Waals surface area (Å²) in [5, 5.41) is 3.81. The molecule has 2 aliphatic rings. The number of sulfonamides is 1. The maximum atomic E-state index is 13.6. The van der Waals surface area contributed by atoms with E-state index in [1.807, 2.05) is 0 Å². The van der Waals surface area contributed by atoms with Crippen molar-refractivity contribution < 1.29 is 17.9 Å². The van der Waals surface area contributed by atoms with Crippen LogP contribution in [0.1, 0.15) is 35.7 Å². The Hall–Kier alpha value is -2.84. The van der Waals surface area contributed by atoms with Crippen LogP contribution >= 0.6 is 0 Å². The van der Waals surface area contributed by atoms with Gasteiger partial charge in [0.2, 0.25) is 10.0 Å². The van der Waals surface area contributed by atoms with Gasteiger partial charge in [-0.25, -0.2) is 13.2 Å². The third-order valence-electron chi connectivity index (χ3n) is 6.37. The molecule has 0 unspecified atom stereocenters. The number of anilines is 1. The number of amides is 1. The zero-order chi connectivity index (χ0) is 21.8. The summed E-state index contributed by atoms with van der Waals surface area (Å²) in [6, 6.07) is 12.6. The molecule has 1 aliphatic carbocycles. The van der Waals surface area contributed by atoms with E-state index in [0.717, 1.165) is 25.0 Å². The Labute approximate surface area is 181 Å². The summed E-state index contributed by atoms with van der Waals surface area (Å²) in [4.78, 5) is 11.6. The van der Waals surface area contributed by atoms with E-state index < -0.39 is 16.1 Å². The highest BCUT2D eigenvalue weighted by Crippen LogP contribution is 2.44. The molecule has 162 valence electrons. The lowest BCUT2D eigenvalue weighted by molar-refractivity contribution is 0.187. The predicted molar refractivity (Wildman–Crippen MR) is 119 cm³/mol. The van der Waals surface area contributed by atoms with Crippen molar-refractivity contribution in [3.8, 4) is 0 Å². The van der Waals surface area contributed by atoms with E-state index in [1.54, 1.807) is 16.4 Å². The first-order chi connectivity index (χ1) is 14.9. The highest BCUT2D eigenvalue weighted by molar-refractivity contribution is 7.89. The molecule has 1 N–H and O–H groups in total. The average molecular weight is 440 g/mol. The molecule has 31 heavy (non-hydrogen) atoms. The standard InChI is InChI=1S/C23H25N3O4S/c1-15-6-11-20-19(14-15)18-4-3-5-21-22(18)25(20)12-13-26(21)31(28,29)17-9-7-16(8-10-17)24-23(27)30-2/h6-11,14,21H,3-5,12-13H2,1-2H3,(H,24,27)/t21-/m0/s1. The van der Waals surface area contributed by atoms with Gasteiger partial charge < -0.3 is 9.30 Å². The number of nitrogens with one attached hydrogen (secondary N) is 1. The van der Waals surface area contributed by atoms with E-state index in [1.165, 1.54) is 41.3 Å². The first kappa shape index (κ1) is 20.1. The molecule has 8 heteroatoms. The maximum absolute atomic E-state index is 13.6. The fourth-order valence-corrected chi connectivity index (χ4v) is 6.60. The number of aryl methyl sites for hydroxylation is 2. The monoisotopic (exact) mass is 439 g/mol. The smallest absolute Gasteiger partial charge is 0.411 e. The topological polar surface area (TPSA) is 80.6 Å². The number of rotatable bonds is 3. The number of hydrogen-bond donors (Lipinski definition) is 1. The fraction of sp³-hybridized carbons (Fsp3) is 0.348. The highest BCUT2D eigenvalue weighted by Gasteiger charge is 2.40. The minimum Gasteiger partial charge on any atom is -0.453 e. The van der Waals surface area contributed by atoms with Crippen LogP contribution in [0.3, 0.4) is 0 Å². The van der Waals surface area contributed by atoms with Crippen LogP contribution in [0.2, 0.25) is 0 Å². The van der Waals surface area contributed by atoms with Crippen molar-refractivity contribution in [1.29, 1.82) is 0 Å². The molecule has 1 amide bonds. The molecule has 0 fully saturated rings. The third kappa shape index (κ3) is 3.21. The van der Waals surface area contributed by atoms with E-state index in [0.29, 0.717) is 18.8 Å². The summed E-state index contributed by atoms with van der Waals surface area (Å²) in [5.41, 5.74) is 5.37. The second kappa shape index (κ2) is 7.39. The van der Waals surface area contributed by atoms with Gasteiger partial charge in [0.1, 0.15) is 0 Å². The van der Waals surface area contributed by atoms with Crippen molar-refractivity contribution >= 4 is 32.7 Å². The lowest BCUT2D eigenvalue weighted by Crippen LogP contribution is -2.43. The van der Waals surface area contributed by atoms with Gasteiger partial charge in [-0.3, -0.25) is 5.32 Å². The Morgan fingerprint density at radius 3 is 2.65 bits per heavy atom. The van der Waals surface area contributed by atoms with Crippen LogP contribution in [0.15, 0.2) is 47.4 Å². The number of nitrogens with zero attached hydrogens (tertiary/aromatic N) is 2. The molecule has 0 saturated heterocycles. The normalized spacial score (nSPS) is 18.6. The Morgan fingerprint density at radius 1 is 1.13 bits per heavy atom. The van der Waals surface area contributed by atoms with Gasteiger partial charge in [0, 0.05) is 35.4 Å². The van der Waals surface area contributed by atoms with Gasteiger partial charge in [0.15, 0.2) is 0 Å². The number of hydrogen-bond acceptors (Lipinski definition) is 4. The van der Waals surface area contributed by atoms with Crippen molar-refractivity contribution in [1.82, 2.24) is 8.87 Å². The second-order valence-electron chi connectivity index (χ2n) is 8.20. The SMILES string of the molecule is COC(=O)Nc1ccc(S(=O)(=O)N2CCn3c4c(c5cc(C)ccc53)CCC[C@@H]42)cc1. The minimum atomic E-state index is -3.67. The maximum Gasteiger partial charge on any atom is 0.411 e. The summed E-state index contributed by atoms with van der Waals surface area (Å²) in [6.07, 6.45) is 2.19. The van der Waals surface area contributed by atoms with E-state index in [2.05, 4.69) is 39.7 Å². The zero-order valence-corrected chi connectivity index (χ0v) is 18.4. The summed E-state index contributed by atoms with van der Waals surface area (Å²) in [7, 11) is -2.39. The Balaban J connectivity index is 1.52. The number of benzene rings is 2. The molecule has 1 atom stereocenters. The van der Waals surface area contributed by atoms with Gasteiger partial charge in [-0.2, -0.15) is 4.31 Å². The van der Waals surface area contributed by atoms with Crippen LogP contribution in [0.25, 0.3) is 10.9 Å². The molecule has 0 spiro atoms. The van der Waals surface area contributed by atoms with Crippen LogP contribution < -0.4 is 5.32 Å². The molecule has 1 aliphatic heterocycles. The van der Waals surface area contributed by atoms with Gasteiger partial charge in [-0.05, 0) is 68.1 Å². The van der Waals surface area contributed by atoms with Crippen LogP contribution in [0.4, 0.5) is 10.5 Å². The molecule has 0 bridgehead atoms. The van der Waals surface area contributed by atoms with Gasteiger partial charge in [0.25, 0.3) is 0 Å². The summed E-state index contributed by atoms with van der Waals surface area (Å²) in [5.74, 6) is 0. The van der Waals surface area contributed by atoms with Gasteiger partial charge in [0.05, 0.1) is 18.0 Å². The number of aromatic nitrogens is 1. The number of ether oxygens (including phenoxy) is 1. The Kier molecular flexibility index (Phi) is 4.79. The largest absolute Gasteiger partial charge is 0.453 e. The van der Waals surface area contributed by atoms with Gasteiger partial charge in [-0.1, -0.05) is 11.6 Å². The van der Waals surface area contributed by atoms with E-state index in [-0.39, 0.29) is 10.9 Å². The summed E-state index contributed by atoms with van der Waals surface area (Å²) in [6.45, 7) is 3.18.